The molecular weight excluding hydrogens is 414 g/mol. The molecule has 0 radical (unpaired) electrons. The van der Waals surface area contributed by atoms with Gasteiger partial charge < -0.3 is 9.80 Å². The van der Waals surface area contributed by atoms with E-state index in [4.69, 9.17) is 11.6 Å². The monoisotopic (exact) mass is 441 g/mol. The van der Waals surface area contributed by atoms with Crippen LogP contribution in [0.4, 0.5) is 0 Å². The second-order valence-corrected chi connectivity index (χ2v) is 10.3. The van der Waals surface area contributed by atoms with E-state index >= 15 is 0 Å². The normalized spacial score (nSPS) is 22.3. The van der Waals surface area contributed by atoms with E-state index in [0.29, 0.717) is 43.2 Å². The van der Waals surface area contributed by atoms with Crippen LogP contribution in [0.3, 0.4) is 0 Å². The minimum Gasteiger partial charge on any atom is -0.338 e. The Hall–Kier alpha value is -1.64. The van der Waals surface area contributed by atoms with Crippen molar-refractivity contribution >= 4 is 33.3 Å². The zero-order valence-corrected chi connectivity index (χ0v) is 18.3. The Morgan fingerprint density at radius 2 is 1.93 bits per heavy atom. The van der Waals surface area contributed by atoms with Gasteiger partial charge in [-0.05, 0) is 31.9 Å². The van der Waals surface area contributed by atoms with Gasteiger partial charge in [0.25, 0.3) is 5.91 Å². The molecule has 1 aromatic carbocycles. The highest BCUT2D eigenvalue weighted by Crippen LogP contribution is 2.20. The van der Waals surface area contributed by atoms with Crippen LogP contribution in [0.5, 0.6) is 0 Å². The number of benzene rings is 1. The molecule has 0 bridgehead atoms. The molecular formula is C20H28ClN3O4S. The molecule has 2 heterocycles. The Kier molecular flexibility index (Phi) is 7.19. The van der Waals surface area contributed by atoms with Crippen LogP contribution in [-0.2, 0) is 14.6 Å². The smallest absolute Gasteiger partial charge is 0.255 e. The fourth-order valence-electron chi connectivity index (χ4n) is 4.08. The molecule has 1 unspecified atom stereocenters. The van der Waals surface area contributed by atoms with Crippen LogP contribution in [0.15, 0.2) is 24.3 Å². The highest BCUT2D eigenvalue weighted by molar-refractivity contribution is 7.91. The highest BCUT2D eigenvalue weighted by atomic mass is 35.5. The van der Waals surface area contributed by atoms with Gasteiger partial charge in [0.2, 0.25) is 5.91 Å². The van der Waals surface area contributed by atoms with Crippen LogP contribution >= 0.6 is 11.6 Å². The quantitative estimate of drug-likeness (QED) is 0.692. The van der Waals surface area contributed by atoms with E-state index in [2.05, 4.69) is 0 Å². The van der Waals surface area contributed by atoms with Gasteiger partial charge in [0, 0.05) is 38.8 Å². The molecule has 0 aromatic heterocycles. The lowest BCUT2D eigenvalue weighted by Gasteiger charge is -2.30. The molecule has 2 saturated heterocycles. The number of carbonyl (C=O) groups excluding carboxylic acids is 2. The largest absolute Gasteiger partial charge is 0.338 e. The maximum Gasteiger partial charge on any atom is 0.255 e. The van der Waals surface area contributed by atoms with Crippen molar-refractivity contribution in [2.24, 2.45) is 0 Å². The first-order valence-electron chi connectivity index (χ1n) is 10.1. The van der Waals surface area contributed by atoms with Crippen LogP contribution < -0.4 is 0 Å². The molecule has 0 spiro atoms. The second kappa shape index (κ2) is 9.45. The lowest BCUT2D eigenvalue weighted by molar-refractivity contribution is -0.134. The first-order valence-corrected chi connectivity index (χ1v) is 12.3. The van der Waals surface area contributed by atoms with Crippen molar-refractivity contribution in [2.45, 2.75) is 25.8 Å². The molecule has 1 aromatic rings. The van der Waals surface area contributed by atoms with Gasteiger partial charge in [0.15, 0.2) is 9.84 Å². The van der Waals surface area contributed by atoms with Gasteiger partial charge in [-0.1, -0.05) is 23.7 Å². The van der Waals surface area contributed by atoms with Crippen molar-refractivity contribution in [3.8, 4) is 0 Å². The standard InChI is InChI=1S/C20H28ClN3O4S/c1-2-24(16-8-13-29(27,28)15-16)19(25)14-22-9-5-10-23(12-11-22)20(26)17-6-3-4-7-18(17)21/h3-4,6-7,16H,2,5,8-15H2,1H3. The van der Waals surface area contributed by atoms with Crippen molar-refractivity contribution in [1.82, 2.24) is 14.7 Å². The van der Waals surface area contributed by atoms with E-state index in [1.165, 1.54) is 0 Å². The highest BCUT2D eigenvalue weighted by Gasteiger charge is 2.34. The summed E-state index contributed by atoms with van der Waals surface area (Å²) >= 11 is 6.16. The first kappa shape index (κ1) is 22.1. The van der Waals surface area contributed by atoms with Crippen LogP contribution in [-0.4, -0.2) is 91.7 Å². The number of nitrogens with zero attached hydrogens (tertiary/aromatic N) is 3. The summed E-state index contributed by atoms with van der Waals surface area (Å²) in [6.45, 7) is 5.10. The third kappa shape index (κ3) is 5.49. The first-order chi connectivity index (χ1) is 13.8. The van der Waals surface area contributed by atoms with Crippen LogP contribution in [0.25, 0.3) is 0 Å². The topological polar surface area (TPSA) is 78.0 Å². The maximum atomic E-state index is 12.8. The molecule has 0 N–H and O–H groups in total. The average molecular weight is 442 g/mol. The number of hydrogen-bond acceptors (Lipinski definition) is 5. The Morgan fingerprint density at radius 3 is 2.59 bits per heavy atom. The second-order valence-electron chi connectivity index (χ2n) is 7.64. The van der Waals surface area contributed by atoms with Gasteiger partial charge in [0.05, 0.1) is 28.6 Å². The molecule has 2 amide bonds. The summed E-state index contributed by atoms with van der Waals surface area (Å²) in [4.78, 5) is 31.1. The predicted molar refractivity (Wildman–Crippen MR) is 113 cm³/mol. The van der Waals surface area contributed by atoms with Gasteiger partial charge in [-0.15, -0.1) is 0 Å². The fraction of sp³-hybridized carbons (Fsp3) is 0.600. The number of rotatable bonds is 5. The van der Waals surface area contributed by atoms with E-state index in [-0.39, 0.29) is 35.9 Å². The number of likely N-dealkylation sites (N-methyl/N-ethyl adjacent to an activating group) is 1. The molecule has 2 aliphatic heterocycles. The maximum absolute atomic E-state index is 12.8. The summed E-state index contributed by atoms with van der Waals surface area (Å²) in [5, 5.41) is 0.443. The summed E-state index contributed by atoms with van der Waals surface area (Å²) in [6, 6.07) is 6.81. The van der Waals surface area contributed by atoms with E-state index in [0.717, 1.165) is 13.0 Å². The Labute approximate surface area is 177 Å². The minimum absolute atomic E-state index is 0.0412. The Bertz CT molecular complexity index is 861. The molecule has 160 valence electrons. The predicted octanol–water partition coefficient (Wildman–Crippen LogP) is 1.52. The Balaban J connectivity index is 1.57. The van der Waals surface area contributed by atoms with Gasteiger partial charge in [-0.3, -0.25) is 14.5 Å². The van der Waals surface area contributed by atoms with Gasteiger partial charge >= 0.3 is 0 Å². The van der Waals surface area contributed by atoms with Gasteiger partial charge in [-0.25, -0.2) is 8.42 Å². The van der Waals surface area contributed by atoms with Crippen molar-refractivity contribution in [2.75, 3.05) is 50.8 Å². The van der Waals surface area contributed by atoms with Crippen LogP contribution in [0.1, 0.15) is 30.1 Å². The zero-order valence-electron chi connectivity index (χ0n) is 16.7. The number of carbonyl (C=O) groups is 2. The molecule has 1 atom stereocenters. The van der Waals surface area contributed by atoms with Crippen LogP contribution in [0, 0.1) is 0 Å². The van der Waals surface area contributed by atoms with Crippen molar-refractivity contribution < 1.29 is 18.0 Å². The van der Waals surface area contributed by atoms with E-state index < -0.39 is 9.84 Å². The van der Waals surface area contributed by atoms with E-state index in [1.54, 1.807) is 34.1 Å². The van der Waals surface area contributed by atoms with Gasteiger partial charge in [0.1, 0.15) is 0 Å². The number of hydrogen-bond donors (Lipinski definition) is 0. The molecule has 3 rings (SSSR count). The molecule has 0 aliphatic carbocycles. The summed E-state index contributed by atoms with van der Waals surface area (Å²) in [6.07, 6.45) is 1.29. The van der Waals surface area contributed by atoms with Crippen LogP contribution in [0.2, 0.25) is 5.02 Å². The van der Waals surface area contributed by atoms with Crippen molar-refractivity contribution in [3.63, 3.8) is 0 Å². The molecule has 0 saturated carbocycles. The summed E-state index contributed by atoms with van der Waals surface area (Å²) in [7, 11) is -3.03. The fourth-order valence-corrected chi connectivity index (χ4v) is 6.03. The zero-order chi connectivity index (χ0) is 21.0. The molecule has 2 aliphatic rings. The Morgan fingerprint density at radius 1 is 1.17 bits per heavy atom. The molecule has 2 fully saturated rings. The SMILES string of the molecule is CCN(C(=O)CN1CCCN(C(=O)c2ccccc2Cl)CC1)C1CCS(=O)(=O)C1. The molecule has 9 heteroatoms. The van der Waals surface area contributed by atoms with E-state index in [9.17, 15) is 18.0 Å². The molecule has 7 nitrogen and oxygen atoms in total. The van der Waals surface area contributed by atoms with Gasteiger partial charge in [-0.2, -0.15) is 0 Å². The number of sulfone groups is 1. The average Bonchev–Trinajstić information content (AvgIpc) is 2.89. The minimum atomic E-state index is -3.03. The number of halogens is 1. The molecule has 29 heavy (non-hydrogen) atoms. The van der Waals surface area contributed by atoms with Crippen molar-refractivity contribution in [1.29, 1.82) is 0 Å². The number of amides is 2. The third-order valence-corrected chi connectivity index (χ3v) is 7.73. The summed E-state index contributed by atoms with van der Waals surface area (Å²) in [5.74, 6) is 0.0901. The lowest BCUT2D eigenvalue weighted by Crippen LogP contribution is -2.47. The summed E-state index contributed by atoms with van der Waals surface area (Å²) in [5.41, 5.74) is 0.498. The lowest BCUT2D eigenvalue weighted by atomic mass is 10.2. The van der Waals surface area contributed by atoms with E-state index in [1.807, 2.05) is 11.8 Å². The summed E-state index contributed by atoms with van der Waals surface area (Å²) < 4.78 is 23.5. The third-order valence-electron chi connectivity index (χ3n) is 5.65. The van der Waals surface area contributed by atoms with Crippen molar-refractivity contribution in [3.05, 3.63) is 34.9 Å².